The summed E-state index contributed by atoms with van der Waals surface area (Å²) in [6.45, 7) is 0. The Hall–Kier alpha value is 0.173. The quantitative estimate of drug-likeness (QED) is 0.347. The van der Waals surface area contributed by atoms with Gasteiger partial charge in [0.2, 0.25) is 0 Å². The zero-order chi connectivity index (χ0) is 19.4. The molecule has 7 nitrogen and oxygen atoms in total. The van der Waals surface area contributed by atoms with Crippen molar-refractivity contribution in [1.29, 1.82) is 0 Å². The minimum Gasteiger partial charge on any atom is -0.581 e. The van der Waals surface area contributed by atoms with Crippen molar-refractivity contribution < 1.29 is 127 Å². The van der Waals surface area contributed by atoms with Crippen LogP contribution in [0.25, 0.3) is 11.4 Å². The molecule has 3 rings (SSSR count). The first-order valence-corrected chi connectivity index (χ1v) is 8.75. The molecule has 0 saturated carbocycles. The summed E-state index contributed by atoms with van der Waals surface area (Å²) in [7, 11) is 0. The first kappa shape index (κ1) is 27.2. The van der Waals surface area contributed by atoms with Crippen molar-refractivity contribution in [1.82, 2.24) is 0 Å². The third kappa shape index (κ3) is 8.32. The fraction of sp³-hybridized carbons (Fsp3) is 0.105. The number of nitrogens with two attached hydrogens (primary N) is 1. The van der Waals surface area contributed by atoms with Gasteiger partial charge in [0.15, 0.2) is 0 Å². The number of nitrogens with zero attached hydrogens (tertiary/aromatic N) is 1. The van der Waals surface area contributed by atoms with E-state index in [4.69, 9.17) is 10.5 Å². The Bertz CT molecular complexity index is 917. The molecule has 2 aromatic rings. The predicted molar refractivity (Wildman–Crippen MR) is 99.0 cm³/mol. The van der Waals surface area contributed by atoms with Crippen LogP contribution < -0.4 is 118 Å². The van der Waals surface area contributed by atoms with Crippen LogP contribution in [-0.2, 0) is 16.0 Å². The minimum atomic E-state index is -1.29. The molecule has 1 aliphatic rings. The van der Waals surface area contributed by atoms with E-state index in [0.29, 0.717) is 16.4 Å². The third-order valence-corrected chi connectivity index (χ3v) is 4.47. The molecule has 1 saturated heterocycles. The molecule has 2 aromatic carbocycles. The van der Waals surface area contributed by atoms with E-state index in [1.54, 1.807) is 54.6 Å². The molecule has 1 fully saturated rings. The molecule has 0 unspecified atom stereocenters. The van der Waals surface area contributed by atoms with E-state index in [1.807, 2.05) is 0 Å². The van der Waals surface area contributed by atoms with Crippen LogP contribution in [0, 0.1) is 0 Å². The van der Waals surface area contributed by atoms with Crippen LogP contribution in [0.5, 0.6) is 11.5 Å². The van der Waals surface area contributed by atoms with E-state index >= 15 is 0 Å². The first-order chi connectivity index (χ1) is 12.9. The summed E-state index contributed by atoms with van der Waals surface area (Å²) >= 11 is 0.808. The van der Waals surface area contributed by atoms with Gasteiger partial charge < -0.3 is 35.3 Å². The van der Waals surface area contributed by atoms with E-state index in [2.05, 4.69) is 5.32 Å². The first-order valence-electron chi connectivity index (χ1n) is 7.93. The van der Waals surface area contributed by atoms with Crippen molar-refractivity contribution >= 4 is 35.0 Å². The Morgan fingerprint density at radius 1 is 1.07 bits per heavy atom. The number of aliphatic carboxylic acids is 1. The van der Waals surface area contributed by atoms with E-state index < -0.39 is 23.2 Å². The number of carboxylic acids is 1. The van der Waals surface area contributed by atoms with Crippen molar-refractivity contribution in [3.63, 3.8) is 0 Å². The minimum absolute atomic E-state index is 0. The Morgan fingerprint density at radius 2 is 1.62 bits per heavy atom. The number of imide groups is 1. The molecule has 0 spiro atoms. The van der Waals surface area contributed by atoms with E-state index in [1.165, 1.54) is 0 Å². The number of carbonyl (C=O) groups excluding carboxylic acids is 3. The maximum atomic E-state index is 11.5. The molecule has 1 aliphatic heterocycles. The zero-order valence-corrected chi connectivity index (χ0v) is 23.0. The van der Waals surface area contributed by atoms with Crippen molar-refractivity contribution in [2.24, 2.45) is 5.73 Å². The van der Waals surface area contributed by atoms with E-state index in [9.17, 15) is 19.5 Å². The molecule has 0 aromatic heterocycles. The molecule has 2 amide bonds. The number of benzene rings is 2. The summed E-state index contributed by atoms with van der Waals surface area (Å²) in [6, 6.07) is 12.8. The van der Waals surface area contributed by atoms with Crippen molar-refractivity contribution in [3.05, 3.63) is 69.9 Å². The van der Waals surface area contributed by atoms with Gasteiger partial charge in [-0.1, -0.05) is 36.0 Å². The van der Waals surface area contributed by atoms with Crippen molar-refractivity contribution in [2.45, 2.75) is 12.5 Å². The Morgan fingerprint density at radius 3 is 2.10 bits per heavy atom. The summed E-state index contributed by atoms with van der Waals surface area (Å²) in [6.07, 6.45) is 1.78. The second kappa shape index (κ2) is 12.9. The molecule has 138 valence electrons. The van der Waals surface area contributed by atoms with Gasteiger partial charge in [0.1, 0.15) is 16.7 Å². The average Bonchev–Trinajstić information content (AvgIpc) is 2.95. The summed E-state index contributed by atoms with van der Waals surface area (Å²) < 4.78 is 5.72. The third-order valence-electron chi connectivity index (χ3n) is 3.70. The number of ether oxygens (including phenoxy) is 1. The number of carbonyl (C=O) groups is 3. The van der Waals surface area contributed by atoms with Crippen LogP contribution in [0.15, 0.2) is 53.4 Å². The molecular formula is C19H14K2N2O5S. The van der Waals surface area contributed by atoms with Crippen LogP contribution in [0.4, 0.5) is 4.79 Å². The van der Waals surface area contributed by atoms with Crippen LogP contribution in [0.1, 0.15) is 11.1 Å². The zero-order valence-electron chi connectivity index (χ0n) is 16.0. The summed E-state index contributed by atoms with van der Waals surface area (Å²) in [5.74, 6) is -0.648. The number of thioether (sulfide) groups is 1. The summed E-state index contributed by atoms with van der Waals surface area (Å²) in [5.41, 5.74) is 6.96. The predicted octanol–water partition coefficient (Wildman–Crippen LogP) is -3.79. The molecule has 1 atom stereocenters. The molecule has 29 heavy (non-hydrogen) atoms. The van der Waals surface area contributed by atoms with Gasteiger partial charge in [0.25, 0.3) is 0 Å². The van der Waals surface area contributed by atoms with Crippen molar-refractivity contribution in [3.8, 4) is 11.5 Å². The van der Waals surface area contributed by atoms with Gasteiger partial charge in [0, 0.05) is 10.9 Å². The number of carboxylic acid groups (broad SMARTS) is 1. The van der Waals surface area contributed by atoms with Gasteiger partial charge >= 0.3 is 103 Å². The Labute approximate surface area is 257 Å². The Balaban J connectivity index is 0.00000210. The molecule has 2 N–H and O–H groups in total. The van der Waals surface area contributed by atoms with Crippen LogP contribution >= 0.6 is 11.8 Å². The van der Waals surface area contributed by atoms with Gasteiger partial charge in [-0.2, -0.15) is 0 Å². The van der Waals surface area contributed by atoms with E-state index in [0.717, 1.165) is 22.9 Å². The molecule has 0 aliphatic carbocycles. The smallest absolute Gasteiger partial charge is 0.581 e. The SMILES string of the molecule is N[C@@H](Cc1ccc(Oc2ccc(/C=C3\SC(=O)[N-]C3=O)cc2)cc1)C(=O)[O-].[K+].[K+]. The number of rotatable bonds is 6. The standard InChI is InChI=1S/C19H16N2O5S.2K/c20-15(18(23)24)9-11-1-5-13(6-2-11)26-14-7-3-12(4-8-14)10-16-17(22)21-19(25)27-16;;/h1-8,10,15H,9,20H2,(H2,21,22,23,24,25);;/q;2*+1/p-2/b16-10-;;/t15-;;/m0../s1. The molecule has 1 heterocycles. The number of amides is 2. The second-order valence-corrected chi connectivity index (χ2v) is 6.73. The Kier molecular flexibility index (Phi) is 12.1. The molecule has 0 radical (unpaired) electrons. The maximum absolute atomic E-state index is 11.5. The van der Waals surface area contributed by atoms with Gasteiger partial charge in [-0.3, -0.25) is 0 Å². The average molecular weight is 461 g/mol. The fourth-order valence-electron chi connectivity index (χ4n) is 2.34. The van der Waals surface area contributed by atoms with Crippen LogP contribution in [0.2, 0.25) is 0 Å². The fourth-order valence-corrected chi connectivity index (χ4v) is 2.98. The van der Waals surface area contributed by atoms with Gasteiger partial charge in [0.05, 0.1) is 11.9 Å². The second-order valence-electron chi connectivity index (χ2n) is 5.74. The largest absolute Gasteiger partial charge is 1.00 e. The topological polar surface area (TPSA) is 124 Å². The van der Waals surface area contributed by atoms with Crippen molar-refractivity contribution in [2.75, 3.05) is 0 Å². The number of hydrogen-bond donors (Lipinski definition) is 1. The van der Waals surface area contributed by atoms with Crippen LogP contribution in [0.3, 0.4) is 0 Å². The monoisotopic (exact) mass is 460 g/mol. The van der Waals surface area contributed by atoms with Crippen LogP contribution in [-0.4, -0.2) is 23.2 Å². The molecule has 0 bridgehead atoms. The molecule has 10 heteroatoms. The van der Waals surface area contributed by atoms with E-state index in [-0.39, 0.29) is 109 Å². The number of hydrogen-bond acceptors (Lipinski definition) is 7. The van der Waals surface area contributed by atoms with Gasteiger partial charge in [-0.15, -0.1) is 0 Å². The maximum Gasteiger partial charge on any atom is 1.00 e. The summed E-state index contributed by atoms with van der Waals surface area (Å²) in [5, 5.41) is 13.5. The summed E-state index contributed by atoms with van der Waals surface area (Å²) in [4.78, 5) is 33.6. The normalized spacial score (nSPS) is 15.1. The van der Waals surface area contributed by atoms with Gasteiger partial charge in [-0.05, 0) is 47.9 Å². The molecular weight excluding hydrogens is 446 g/mol. The van der Waals surface area contributed by atoms with Gasteiger partial charge in [-0.25, -0.2) is 0 Å².